The van der Waals surface area contributed by atoms with E-state index >= 15 is 0 Å². The molecule has 1 N–H and O–H groups in total. The molecule has 0 radical (unpaired) electrons. The van der Waals surface area contributed by atoms with Crippen LogP contribution in [0.4, 0.5) is 4.39 Å². The van der Waals surface area contributed by atoms with Crippen LogP contribution in [0.15, 0.2) is 78.9 Å². The van der Waals surface area contributed by atoms with Gasteiger partial charge < -0.3 is 10.2 Å². The summed E-state index contributed by atoms with van der Waals surface area (Å²) in [7, 11) is 0. The molecule has 3 aromatic rings. The van der Waals surface area contributed by atoms with Crippen LogP contribution in [0.1, 0.15) is 36.1 Å². The van der Waals surface area contributed by atoms with E-state index in [2.05, 4.69) is 5.32 Å². The summed E-state index contributed by atoms with van der Waals surface area (Å²) in [6.45, 7) is 6.94. The molecule has 2 amide bonds. The van der Waals surface area contributed by atoms with Crippen molar-refractivity contribution in [2.24, 2.45) is 5.92 Å². The summed E-state index contributed by atoms with van der Waals surface area (Å²) in [5.74, 6) is -0.394. The van der Waals surface area contributed by atoms with Crippen LogP contribution in [-0.4, -0.2) is 29.3 Å². The lowest BCUT2D eigenvalue weighted by molar-refractivity contribution is -0.140. The molecular weight excluding hydrogens is 427 g/mol. The van der Waals surface area contributed by atoms with Crippen LogP contribution in [0.2, 0.25) is 0 Å². The SMILES string of the molecule is Cc1ccc(CN(C(=O)Cc2ccc(F)cc2)[C@@H](Cc2ccccc2)C(=O)NCC(C)C)cc1. The molecular formula is C29H33FN2O2. The van der Waals surface area contributed by atoms with Crippen molar-refractivity contribution >= 4 is 11.8 Å². The Morgan fingerprint density at radius 2 is 1.47 bits per heavy atom. The first-order chi connectivity index (χ1) is 16.3. The molecule has 0 spiro atoms. The van der Waals surface area contributed by atoms with E-state index in [0.717, 1.165) is 16.7 Å². The minimum Gasteiger partial charge on any atom is -0.354 e. The van der Waals surface area contributed by atoms with Gasteiger partial charge in [0.05, 0.1) is 6.42 Å². The Morgan fingerprint density at radius 3 is 2.09 bits per heavy atom. The van der Waals surface area contributed by atoms with Crippen LogP contribution in [0, 0.1) is 18.7 Å². The molecule has 3 rings (SSSR count). The zero-order chi connectivity index (χ0) is 24.5. The molecule has 0 aliphatic rings. The first-order valence-corrected chi connectivity index (χ1v) is 11.7. The minimum absolute atomic E-state index is 0.0922. The van der Waals surface area contributed by atoms with Gasteiger partial charge in [-0.3, -0.25) is 9.59 Å². The molecule has 0 unspecified atom stereocenters. The Bertz CT molecular complexity index is 1060. The van der Waals surface area contributed by atoms with Gasteiger partial charge >= 0.3 is 0 Å². The third kappa shape index (κ3) is 7.55. The van der Waals surface area contributed by atoms with Gasteiger partial charge in [0, 0.05) is 19.5 Å². The van der Waals surface area contributed by atoms with Gasteiger partial charge in [0.25, 0.3) is 0 Å². The van der Waals surface area contributed by atoms with Crippen molar-refractivity contribution in [3.8, 4) is 0 Å². The Kier molecular flexibility index (Phi) is 8.97. The van der Waals surface area contributed by atoms with Crippen molar-refractivity contribution in [3.05, 3.63) is 107 Å². The van der Waals surface area contributed by atoms with E-state index in [1.165, 1.54) is 12.1 Å². The second-order valence-electron chi connectivity index (χ2n) is 9.16. The monoisotopic (exact) mass is 460 g/mol. The van der Waals surface area contributed by atoms with Gasteiger partial charge in [-0.05, 0) is 41.7 Å². The van der Waals surface area contributed by atoms with Crippen molar-refractivity contribution in [2.45, 2.75) is 46.2 Å². The third-order valence-electron chi connectivity index (χ3n) is 5.70. The highest BCUT2D eigenvalue weighted by Crippen LogP contribution is 2.17. The van der Waals surface area contributed by atoms with Crippen molar-refractivity contribution in [2.75, 3.05) is 6.54 Å². The lowest BCUT2D eigenvalue weighted by Gasteiger charge is -2.32. The van der Waals surface area contributed by atoms with Crippen LogP contribution in [0.5, 0.6) is 0 Å². The lowest BCUT2D eigenvalue weighted by Crippen LogP contribution is -2.51. The molecule has 34 heavy (non-hydrogen) atoms. The van der Waals surface area contributed by atoms with E-state index in [1.807, 2.05) is 75.4 Å². The number of hydrogen-bond acceptors (Lipinski definition) is 2. The second-order valence-corrected chi connectivity index (χ2v) is 9.16. The molecule has 0 heterocycles. The number of amides is 2. The molecule has 0 aliphatic heterocycles. The van der Waals surface area contributed by atoms with Crippen LogP contribution < -0.4 is 5.32 Å². The fourth-order valence-electron chi connectivity index (χ4n) is 3.75. The van der Waals surface area contributed by atoms with Crippen molar-refractivity contribution in [1.82, 2.24) is 10.2 Å². The van der Waals surface area contributed by atoms with Crippen molar-refractivity contribution in [1.29, 1.82) is 0 Å². The highest BCUT2D eigenvalue weighted by atomic mass is 19.1. The predicted molar refractivity (Wildman–Crippen MR) is 134 cm³/mol. The number of carbonyl (C=O) groups is 2. The van der Waals surface area contributed by atoms with Crippen molar-refractivity contribution < 1.29 is 14.0 Å². The van der Waals surface area contributed by atoms with E-state index in [0.29, 0.717) is 31.0 Å². The number of halogens is 1. The highest BCUT2D eigenvalue weighted by molar-refractivity contribution is 5.88. The maximum atomic E-state index is 13.6. The number of benzene rings is 3. The van der Waals surface area contributed by atoms with Gasteiger partial charge in [-0.1, -0.05) is 86.1 Å². The summed E-state index contributed by atoms with van der Waals surface area (Å²) in [4.78, 5) is 28.6. The van der Waals surface area contributed by atoms with Gasteiger partial charge in [-0.15, -0.1) is 0 Å². The van der Waals surface area contributed by atoms with Crippen molar-refractivity contribution in [3.63, 3.8) is 0 Å². The van der Waals surface area contributed by atoms with E-state index in [1.54, 1.807) is 17.0 Å². The molecule has 0 fully saturated rings. The Balaban J connectivity index is 1.93. The first kappa shape index (κ1) is 25.2. The molecule has 0 aliphatic carbocycles. The highest BCUT2D eigenvalue weighted by Gasteiger charge is 2.30. The zero-order valence-corrected chi connectivity index (χ0v) is 20.1. The predicted octanol–water partition coefficient (Wildman–Crippen LogP) is 5.09. The summed E-state index contributed by atoms with van der Waals surface area (Å²) < 4.78 is 13.4. The van der Waals surface area contributed by atoms with Gasteiger partial charge in [-0.25, -0.2) is 4.39 Å². The summed E-state index contributed by atoms with van der Waals surface area (Å²) in [6.07, 6.45) is 0.501. The van der Waals surface area contributed by atoms with Crippen LogP contribution in [0.3, 0.4) is 0 Å². The Hall–Kier alpha value is -3.47. The maximum Gasteiger partial charge on any atom is 0.243 e. The number of nitrogens with zero attached hydrogens (tertiary/aromatic N) is 1. The Labute approximate surface area is 201 Å². The zero-order valence-electron chi connectivity index (χ0n) is 20.1. The average Bonchev–Trinajstić information content (AvgIpc) is 2.83. The molecule has 0 saturated heterocycles. The third-order valence-corrected chi connectivity index (χ3v) is 5.70. The first-order valence-electron chi connectivity index (χ1n) is 11.7. The number of aryl methyl sites for hydroxylation is 1. The summed E-state index contributed by atoms with van der Waals surface area (Å²) in [6, 6.07) is 23.0. The molecule has 178 valence electrons. The largest absolute Gasteiger partial charge is 0.354 e. The van der Waals surface area contributed by atoms with E-state index in [9.17, 15) is 14.0 Å². The van der Waals surface area contributed by atoms with E-state index in [4.69, 9.17) is 0 Å². The van der Waals surface area contributed by atoms with Crippen LogP contribution >= 0.6 is 0 Å². The average molecular weight is 461 g/mol. The van der Waals surface area contributed by atoms with Crippen LogP contribution in [-0.2, 0) is 29.0 Å². The lowest BCUT2D eigenvalue weighted by atomic mass is 10.0. The van der Waals surface area contributed by atoms with E-state index in [-0.39, 0.29) is 24.1 Å². The fourth-order valence-corrected chi connectivity index (χ4v) is 3.75. The Morgan fingerprint density at radius 1 is 0.853 bits per heavy atom. The standard InChI is InChI=1S/C29H33FN2O2/c1-21(2)19-31-29(34)27(17-23-7-5-4-6-8-23)32(20-25-11-9-22(3)10-12-25)28(33)18-24-13-15-26(30)16-14-24/h4-16,21,27H,17-20H2,1-3H3,(H,31,34)/t27-/m0/s1. The molecule has 4 nitrogen and oxygen atoms in total. The topological polar surface area (TPSA) is 49.4 Å². The molecule has 1 atom stereocenters. The number of rotatable bonds is 10. The number of nitrogens with one attached hydrogen (secondary N) is 1. The van der Waals surface area contributed by atoms with Gasteiger partial charge in [0.1, 0.15) is 11.9 Å². The number of carbonyl (C=O) groups excluding carboxylic acids is 2. The van der Waals surface area contributed by atoms with Gasteiger partial charge in [-0.2, -0.15) is 0 Å². The minimum atomic E-state index is -0.671. The smallest absolute Gasteiger partial charge is 0.243 e. The molecule has 3 aromatic carbocycles. The summed E-state index contributed by atoms with van der Waals surface area (Å²) >= 11 is 0. The van der Waals surface area contributed by atoms with Gasteiger partial charge in [0.15, 0.2) is 0 Å². The number of hydrogen-bond donors (Lipinski definition) is 1. The molecule has 0 saturated carbocycles. The van der Waals surface area contributed by atoms with Gasteiger partial charge in [0.2, 0.25) is 11.8 Å². The summed E-state index contributed by atoms with van der Waals surface area (Å²) in [5.41, 5.74) is 3.77. The molecule has 0 aromatic heterocycles. The second kappa shape index (κ2) is 12.1. The fraction of sp³-hybridized carbons (Fsp3) is 0.310. The maximum absolute atomic E-state index is 13.6. The van der Waals surface area contributed by atoms with Crippen LogP contribution in [0.25, 0.3) is 0 Å². The molecule has 5 heteroatoms. The molecule has 0 bridgehead atoms. The normalized spacial score (nSPS) is 11.8. The van der Waals surface area contributed by atoms with E-state index < -0.39 is 6.04 Å². The summed E-state index contributed by atoms with van der Waals surface area (Å²) in [5, 5.41) is 3.02. The quantitative estimate of drug-likeness (QED) is 0.458.